The number of hydrogen-bond donors (Lipinski definition) is 2. The first-order valence-corrected chi connectivity index (χ1v) is 8.57. The van der Waals surface area contributed by atoms with Crippen LogP contribution in [0.15, 0.2) is 17.5 Å². The number of thiophene rings is 1. The molecule has 0 bridgehead atoms. The lowest BCUT2D eigenvalue weighted by Crippen LogP contribution is -2.52. The second kappa shape index (κ2) is 11.0. The average molecular weight is 333 g/mol. The van der Waals surface area contributed by atoms with Crippen molar-refractivity contribution < 1.29 is 4.79 Å². The van der Waals surface area contributed by atoms with Gasteiger partial charge in [-0.3, -0.25) is 4.79 Å². The predicted octanol–water partition coefficient (Wildman–Crippen LogP) is 3.91. The number of nitrogens with two attached hydrogens (primary N) is 1. The Morgan fingerprint density at radius 2 is 2.00 bits per heavy atom. The molecule has 0 aromatic carbocycles. The Morgan fingerprint density at radius 3 is 2.52 bits per heavy atom. The van der Waals surface area contributed by atoms with Crippen molar-refractivity contribution in [2.24, 2.45) is 5.73 Å². The molecule has 5 heteroatoms. The standard InChI is InChI=1S/C16H28N2OS.ClH/c1-3-16(4-2,13-17)18-15(19)11-7-5-6-9-14-10-8-12-20-14;/h8,10,12H,3-7,9,11,13,17H2,1-2H3,(H,18,19);1H. The fourth-order valence-electron chi connectivity index (χ4n) is 2.34. The fraction of sp³-hybridized carbons (Fsp3) is 0.688. The second-order valence-corrected chi connectivity index (χ2v) is 6.41. The Kier molecular flexibility index (Phi) is 10.7. The van der Waals surface area contributed by atoms with Gasteiger partial charge in [0.1, 0.15) is 0 Å². The van der Waals surface area contributed by atoms with Crippen molar-refractivity contribution in [1.29, 1.82) is 0 Å². The van der Waals surface area contributed by atoms with Gasteiger partial charge in [0.15, 0.2) is 0 Å². The Balaban J connectivity index is 0.00000400. The molecule has 3 N–H and O–H groups in total. The van der Waals surface area contributed by atoms with Crippen LogP contribution in [0.2, 0.25) is 0 Å². The second-order valence-electron chi connectivity index (χ2n) is 5.38. The largest absolute Gasteiger partial charge is 0.349 e. The first-order valence-electron chi connectivity index (χ1n) is 7.69. The Bertz CT molecular complexity index is 369. The molecule has 1 heterocycles. The van der Waals surface area contributed by atoms with Gasteiger partial charge in [-0.25, -0.2) is 0 Å². The Morgan fingerprint density at radius 1 is 1.29 bits per heavy atom. The summed E-state index contributed by atoms with van der Waals surface area (Å²) in [7, 11) is 0. The molecular formula is C16H29ClN2OS. The molecule has 0 unspecified atom stereocenters. The molecule has 21 heavy (non-hydrogen) atoms. The first kappa shape index (κ1) is 20.4. The van der Waals surface area contributed by atoms with Gasteiger partial charge >= 0.3 is 0 Å². The van der Waals surface area contributed by atoms with Gasteiger partial charge in [-0.2, -0.15) is 0 Å². The van der Waals surface area contributed by atoms with Crippen molar-refractivity contribution in [2.45, 2.75) is 64.3 Å². The maximum atomic E-state index is 12.0. The van der Waals surface area contributed by atoms with Crippen molar-refractivity contribution in [1.82, 2.24) is 5.32 Å². The van der Waals surface area contributed by atoms with Gasteiger partial charge in [0.05, 0.1) is 5.54 Å². The molecule has 1 aromatic heterocycles. The van der Waals surface area contributed by atoms with Gasteiger partial charge in [-0.1, -0.05) is 26.3 Å². The van der Waals surface area contributed by atoms with E-state index < -0.39 is 0 Å². The molecule has 0 saturated carbocycles. The molecule has 0 aliphatic carbocycles. The summed E-state index contributed by atoms with van der Waals surface area (Å²) in [5.74, 6) is 0.148. The smallest absolute Gasteiger partial charge is 0.220 e. The molecule has 0 atom stereocenters. The lowest BCUT2D eigenvalue weighted by atomic mass is 9.92. The highest BCUT2D eigenvalue weighted by Crippen LogP contribution is 2.15. The average Bonchev–Trinajstić information content (AvgIpc) is 2.98. The van der Waals surface area contributed by atoms with Gasteiger partial charge in [0.25, 0.3) is 0 Å². The third-order valence-electron chi connectivity index (χ3n) is 4.06. The van der Waals surface area contributed by atoms with Crippen molar-refractivity contribution in [2.75, 3.05) is 6.54 Å². The van der Waals surface area contributed by atoms with Crippen LogP contribution in [-0.2, 0) is 11.2 Å². The lowest BCUT2D eigenvalue weighted by molar-refractivity contribution is -0.123. The zero-order chi connectivity index (χ0) is 14.8. The number of halogens is 1. The van der Waals surface area contributed by atoms with E-state index in [9.17, 15) is 4.79 Å². The van der Waals surface area contributed by atoms with Gasteiger partial charge < -0.3 is 11.1 Å². The third kappa shape index (κ3) is 7.30. The number of rotatable bonds is 10. The van der Waals surface area contributed by atoms with Crippen LogP contribution in [0.1, 0.15) is 57.2 Å². The molecule has 1 amide bonds. The van der Waals surface area contributed by atoms with Crippen LogP contribution < -0.4 is 11.1 Å². The SMILES string of the molecule is CCC(CC)(CN)NC(=O)CCCCCc1cccs1.Cl. The molecule has 1 aromatic rings. The van der Waals surface area contributed by atoms with Crippen LogP contribution in [-0.4, -0.2) is 18.0 Å². The topological polar surface area (TPSA) is 55.1 Å². The summed E-state index contributed by atoms with van der Waals surface area (Å²) < 4.78 is 0. The molecule has 0 spiro atoms. The van der Waals surface area contributed by atoms with Crippen LogP contribution in [0.25, 0.3) is 0 Å². The van der Waals surface area contributed by atoms with E-state index in [1.54, 1.807) is 0 Å². The van der Waals surface area contributed by atoms with Crippen LogP contribution in [0.4, 0.5) is 0 Å². The molecule has 0 aliphatic rings. The van der Waals surface area contributed by atoms with Gasteiger partial charge in [-0.05, 0) is 43.6 Å². The predicted molar refractivity (Wildman–Crippen MR) is 94.2 cm³/mol. The van der Waals surface area contributed by atoms with Gasteiger partial charge in [0, 0.05) is 17.8 Å². The summed E-state index contributed by atoms with van der Waals surface area (Å²) in [4.78, 5) is 13.4. The van der Waals surface area contributed by atoms with Crippen LogP contribution >= 0.6 is 23.7 Å². The van der Waals surface area contributed by atoms with Gasteiger partial charge in [0.2, 0.25) is 5.91 Å². The number of amides is 1. The molecule has 0 saturated heterocycles. The zero-order valence-corrected chi connectivity index (χ0v) is 14.8. The minimum absolute atomic E-state index is 0. The quantitative estimate of drug-likeness (QED) is 0.638. The number of carbonyl (C=O) groups is 1. The van der Waals surface area contributed by atoms with Crippen LogP contribution in [0.5, 0.6) is 0 Å². The highest BCUT2D eigenvalue weighted by molar-refractivity contribution is 7.09. The molecule has 0 fully saturated rings. The van der Waals surface area contributed by atoms with E-state index >= 15 is 0 Å². The van der Waals surface area contributed by atoms with E-state index in [4.69, 9.17) is 5.73 Å². The van der Waals surface area contributed by atoms with Crippen molar-refractivity contribution in [3.8, 4) is 0 Å². The molecule has 1 rings (SSSR count). The minimum atomic E-state index is -0.200. The maximum Gasteiger partial charge on any atom is 0.220 e. The van der Waals surface area contributed by atoms with E-state index in [1.807, 2.05) is 11.3 Å². The molecule has 122 valence electrons. The summed E-state index contributed by atoms with van der Waals surface area (Å²) in [6.45, 7) is 4.68. The van der Waals surface area contributed by atoms with Crippen LogP contribution in [0, 0.1) is 0 Å². The number of carbonyl (C=O) groups excluding carboxylic acids is 1. The van der Waals surface area contributed by atoms with E-state index in [2.05, 4.69) is 36.7 Å². The highest BCUT2D eigenvalue weighted by atomic mass is 35.5. The zero-order valence-electron chi connectivity index (χ0n) is 13.2. The minimum Gasteiger partial charge on any atom is -0.349 e. The van der Waals surface area contributed by atoms with Crippen molar-refractivity contribution in [3.05, 3.63) is 22.4 Å². The van der Waals surface area contributed by atoms with E-state index in [0.29, 0.717) is 13.0 Å². The number of nitrogens with one attached hydrogen (secondary N) is 1. The summed E-state index contributed by atoms with van der Waals surface area (Å²) in [6.07, 6.45) is 6.78. The van der Waals surface area contributed by atoms with Gasteiger partial charge in [-0.15, -0.1) is 23.7 Å². The number of hydrogen-bond acceptors (Lipinski definition) is 3. The van der Waals surface area contributed by atoms with Crippen molar-refractivity contribution in [3.63, 3.8) is 0 Å². The van der Waals surface area contributed by atoms with E-state index in [0.717, 1.165) is 38.5 Å². The number of unbranched alkanes of at least 4 members (excludes halogenated alkanes) is 2. The summed E-state index contributed by atoms with van der Waals surface area (Å²) >= 11 is 1.81. The fourth-order valence-corrected chi connectivity index (χ4v) is 3.09. The summed E-state index contributed by atoms with van der Waals surface area (Å²) in [6, 6.07) is 4.27. The summed E-state index contributed by atoms with van der Waals surface area (Å²) in [5.41, 5.74) is 5.59. The van der Waals surface area contributed by atoms with E-state index in [1.165, 1.54) is 4.88 Å². The van der Waals surface area contributed by atoms with Crippen LogP contribution in [0.3, 0.4) is 0 Å². The molecule has 0 radical (unpaired) electrons. The lowest BCUT2D eigenvalue weighted by Gasteiger charge is -2.31. The Hall–Kier alpha value is -0.580. The third-order valence-corrected chi connectivity index (χ3v) is 4.99. The highest BCUT2D eigenvalue weighted by Gasteiger charge is 2.25. The summed E-state index contributed by atoms with van der Waals surface area (Å²) in [5, 5.41) is 5.24. The molecule has 3 nitrogen and oxygen atoms in total. The Labute approximate surface area is 139 Å². The molecule has 0 aliphatic heterocycles. The normalized spacial score (nSPS) is 11.0. The first-order chi connectivity index (χ1) is 9.65. The monoisotopic (exact) mass is 332 g/mol. The maximum absolute atomic E-state index is 12.0. The molecular weight excluding hydrogens is 304 g/mol. The number of aryl methyl sites for hydroxylation is 1. The van der Waals surface area contributed by atoms with Crippen molar-refractivity contribution >= 4 is 29.7 Å². The van der Waals surface area contributed by atoms with E-state index in [-0.39, 0.29) is 23.9 Å².